The van der Waals surface area contributed by atoms with Gasteiger partial charge >= 0.3 is 5.97 Å². The van der Waals surface area contributed by atoms with Crippen molar-refractivity contribution in [1.29, 1.82) is 0 Å². The van der Waals surface area contributed by atoms with E-state index in [1.165, 1.54) is 0 Å². The first-order valence-corrected chi connectivity index (χ1v) is 6.60. The highest BCUT2D eigenvalue weighted by molar-refractivity contribution is 6.33. The third kappa shape index (κ3) is 5.19. The lowest BCUT2D eigenvalue weighted by Gasteiger charge is -2.20. The number of hydrogen-bond donors (Lipinski definition) is 2. The van der Waals surface area contributed by atoms with Gasteiger partial charge in [-0.1, -0.05) is 17.7 Å². The Hall–Kier alpha value is -0.970. The van der Waals surface area contributed by atoms with Crippen LogP contribution in [0.15, 0.2) is 12.1 Å². The summed E-state index contributed by atoms with van der Waals surface area (Å²) in [5.41, 5.74) is 6.75. The quantitative estimate of drug-likeness (QED) is 0.645. The molecule has 3 N–H and O–H groups in total. The summed E-state index contributed by atoms with van der Waals surface area (Å²) in [6, 6.07) is 3.42. The summed E-state index contributed by atoms with van der Waals surface area (Å²) in [5, 5.41) is 10.4. The molecule has 0 saturated heterocycles. The molecule has 6 heteroatoms. The fourth-order valence-corrected chi connectivity index (χ4v) is 1.94. The Bertz CT molecular complexity index is 470. The lowest BCUT2D eigenvalue weighted by atomic mass is 9.94. The summed E-state index contributed by atoms with van der Waals surface area (Å²) in [7, 11) is 0. The zero-order valence-electron chi connectivity index (χ0n) is 11.9. The molecule has 1 aromatic carbocycles. The average molecular weight is 322 g/mol. The topological polar surface area (TPSA) is 72.5 Å². The number of nitrogen functional groups attached to an aromatic ring is 1. The van der Waals surface area contributed by atoms with Crippen LogP contribution < -0.4 is 5.73 Å². The van der Waals surface area contributed by atoms with E-state index in [9.17, 15) is 9.90 Å². The molecule has 0 aromatic heterocycles. The maximum absolute atomic E-state index is 11.3. The number of carbonyl (C=O) groups excluding carboxylic acids is 1. The van der Waals surface area contributed by atoms with Crippen molar-refractivity contribution in [2.75, 3.05) is 12.3 Å². The summed E-state index contributed by atoms with van der Waals surface area (Å²) in [5.74, 6) is -0.272. The maximum atomic E-state index is 11.3. The molecule has 4 nitrogen and oxygen atoms in total. The molecule has 0 radical (unpaired) electrons. The van der Waals surface area contributed by atoms with E-state index in [-0.39, 0.29) is 24.8 Å². The molecule has 0 fully saturated rings. The van der Waals surface area contributed by atoms with Crippen LogP contribution in [-0.2, 0) is 21.6 Å². The molecule has 0 amide bonds. The standard InChI is InChI=1S/C14H20ClNO3.ClH/c1-4-19-12(17)6-5-9-7-10(14(2,3)18)8-11(15)13(9)16;/h7-8,18H,4-6,16H2,1-3H3;1H. The summed E-state index contributed by atoms with van der Waals surface area (Å²) in [6.45, 7) is 5.46. The molecule has 0 atom stereocenters. The molecule has 0 aliphatic rings. The first-order valence-electron chi connectivity index (χ1n) is 6.22. The average Bonchev–Trinajstić information content (AvgIpc) is 2.30. The molecule has 1 rings (SSSR count). The van der Waals surface area contributed by atoms with Crippen molar-refractivity contribution in [3.8, 4) is 0 Å². The molecule has 0 spiro atoms. The molecule has 0 saturated carbocycles. The van der Waals surface area contributed by atoms with Crippen LogP contribution in [0.5, 0.6) is 0 Å². The summed E-state index contributed by atoms with van der Waals surface area (Å²) >= 11 is 6.05. The molecule has 114 valence electrons. The monoisotopic (exact) mass is 321 g/mol. The van der Waals surface area contributed by atoms with Crippen molar-refractivity contribution in [3.05, 3.63) is 28.3 Å². The zero-order valence-corrected chi connectivity index (χ0v) is 13.5. The van der Waals surface area contributed by atoms with Gasteiger partial charge < -0.3 is 15.6 Å². The zero-order chi connectivity index (χ0) is 14.6. The molecule has 0 unspecified atom stereocenters. The molecule has 0 aliphatic heterocycles. The Balaban J connectivity index is 0.00000361. The van der Waals surface area contributed by atoms with E-state index in [0.29, 0.717) is 29.3 Å². The lowest BCUT2D eigenvalue weighted by Crippen LogP contribution is -2.16. The second-order valence-corrected chi connectivity index (χ2v) is 5.30. The van der Waals surface area contributed by atoms with Crippen LogP contribution in [0.2, 0.25) is 5.02 Å². The molecule has 1 aromatic rings. The van der Waals surface area contributed by atoms with Gasteiger partial charge in [-0.15, -0.1) is 12.4 Å². The van der Waals surface area contributed by atoms with E-state index in [4.69, 9.17) is 22.1 Å². The van der Waals surface area contributed by atoms with E-state index in [1.54, 1.807) is 32.9 Å². The van der Waals surface area contributed by atoms with Crippen LogP contribution in [0.4, 0.5) is 5.69 Å². The Kier molecular flexibility index (Phi) is 7.34. The van der Waals surface area contributed by atoms with Crippen molar-refractivity contribution in [1.82, 2.24) is 0 Å². The van der Waals surface area contributed by atoms with Crippen molar-refractivity contribution in [3.63, 3.8) is 0 Å². The number of anilines is 1. The lowest BCUT2D eigenvalue weighted by molar-refractivity contribution is -0.143. The first-order chi connectivity index (χ1) is 8.75. The predicted octanol–water partition coefficient (Wildman–Crippen LogP) is 3.07. The number of aryl methyl sites for hydroxylation is 1. The van der Waals surface area contributed by atoms with Gasteiger partial charge in [0, 0.05) is 6.42 Å². The highest BCUT2D eigenvalue weighted by Crippen LogP contribution is 2.31. The minimum atomic E-state index is -1.00. The van der Waals surface area contributed by atoms with Crippen LogP contribution in [0.3, 0.4) is 0 Å². The largest absolute Gasteiger partial charge is 0.466 e. The Morgan fingerprint density at radius 1 is 1.45 bits per heavy atom. The third-order valence-corrected chi connectivity index (χ3v) is 3.14. The van der Waals surface area contributed by atoms with Crippen molar-refractivity contribution < 1.29 is 14.6 Å². The smallest absolute Gasteiger partial charge is 0.306 e. The summed E-state index contributed by atoms with van der Waals surface area (Å²) in [6.07, 6.45) is 0.679. The van der Waals surface area contributed by atoms with Gasteiger partial charge in [-0.2, -0.15) is 0 Å². The number of nitrogens with two attached hydrogens (primary N) is 1. The highest BCUT2D eigenvalue weighted by atomic mass is 35.5. The van der Waals surface area contributed by atoms with Gasteiger partial charge in [-0.05, 0) is 44.4 Å². The van der Waals surface area contributed by atoms with E-state index < -0.39 is 5.60 Å². The van der Waals surface area contributed by atoms with Gasteiger partial charge in [0.2, 0.25) is 0 Å². The number of rotatable bonds is 5. The van der Waals surface area contributed by atoms with Gasteiger partial charge in [-0.3, -0.25) is 4.79 Å². The number of carbonyl (C=O) groups is 1. The second kappa shape index (κ2) is 7.72. The molecule has 0 heterocycles. The second-order valence-electron chi connectivity index (χ2n) is 4.89. The molecule has 0 bridgehead atoms. The molecule has 20 heavy (non-hydrogen) atoms. The number of esters is 1. The number of ether oxygens (including phenoxy) is 1. The number of hydrogen-bond acceptors (Lipinski definition) is 4. The van der Waals surface area contributed by atoms with Gasteiger partial charge in [0.15, 0.2) is 0 Å². The van der Waals surface area contributed by atoms with E-state index in [1.807, 2.05) is 0 Å². The van der Waals surface area contributed by atoms with E-state index >= 15 is 0 Å². The van der Waals surface area contributed by atoms with E-state index in [2.05, 4.69) is 0 Å². The van der Waals surface area contributed by atoms with Gasteiger partial charge in [0.1, 0.15) is 0 Å². The van der Waals surface area contributed by atoms with Crippen molar-refractivity contribution in [2.24, 2.45) is 0 Å². The van der Waals surface area contributed by atoms with Gasteiger partial charge in [-0.25, -0.2) is 0 Å². The van der Waals surface area contributed by atoms with Crippen LogP contribution in [0, 0.1) is 0 Å². The minimum absolute atomic E-state index is 0. The predicted molar refractivity (Wildman–Crippen MR) is 83.3 cm³/mol. The maximum Gasteiger partial charge on any atom is 0.306 e. The Morgan fingerprint density at radius 2 is 2.05 bits per heavy atom. The molecular weight excluding hydrogens is 301 g/mol. The third-order valence-electron chi connectivity index (χ3n) is 2.83. The Labute approximate surface area is 130 Å². The molecule has 0 aliphatic carbocycles. The fraction of sp³-hybridized carbons (Fsp3) is 0.500. The minimum Gasteiger partial charge on any atom is -0.466 e. The number of halogens is 2. The Morgan fingerprint density at radius 3 is 2.55 bits per heavy atom. The van der Waals surface area contributed by atoms with Gasteiger partial charge in [0.25, 0.3) is 0 Å². The number of benzene rings is 1. The van der Waals surface area contributed by atoms with Crippen LogP contribution in [0.25, 0.3) is 0 Å². The van der Waals surface area contributed by atoms with Gasteiger partial charge in [0.05, 0.1) is 22.9 Å². The number of aliphatic hydroxyl groups is 1. The highest BCUT2D eigenvalue weighted by Gasteiger charge is 2.19. The molecular formula is C14H21Cl2NO3. The SMILES string of the molecule is CCOC(=O)CCc1cc(C(C)(C)O)cc(Cl)c1N.Cl. The summed E-state index contributed by atoms with van der Waals surface area (Å²) in [4.78, 5) is 11.3. The van der Waals surface area contributed by atoms with Crippen molar-refractivity contribution >= 4 is 35.7 Å². The fourth-order valence-electron chi connectivity index (χ4n) is 1.70. The van der Waals surface area contributed by atoms with Crippen LogP contribution in [0.1, 0.15) is 38.3 Å². The summed E-state index contributed by atoms with van der Waals surface area (Å²) < 4.78 is 4.87. The van der Waals surface area contributed by atoms with Crippen LogP contribution in [-0.4, -0.2) is 17.7 Å². The normalized spacial score (nSPS) is 10.8. The van der Waals surface area contributed by atoms with Crippen molar-refractivity contribution in [2.45, 2.75) is 39.2 Å². The van der Waals surface area contributed by atoms with E-state index in [0.717, 1.165) is 5.56 Å². The first kappa shape index (κ1) is 19.0. The van der Waals surface area contributed by atoms with Crippen LogP contribution >= 0.6 is 24.0 Å².